The van der Waals surface area contributed by atoms with E-state index in [1.807, 2.05) is 31.2 Å². The SMILES string of the molecule is Cc1cc(NC(=O)c2cccc(C3CC3NCC3CCOCC3)c2)sn1. The summed E-state index contributed by atoms with van der Waals surface area (Å²) in [5.41, 5.74) is 2.89. The first-order valence-corrected chi connectivity index (χ1v) is 10.1. The minimum atomic E-state index is -0.0668. The predicted octanol–water partition coefficient (Wildman–Crippen LogP) is 3.58. The standard InChI is InChI=1S/C20H25N3O2S/c1-13-9-19(26-23-13)22-20(24)16-4-2-3-15(10-16)17-11-18(17)21-12-14-5-7-25-8-6-14/h2-4,9-10,14,17-18,21H,5-8,11-12H2,1H3,(H,22,24). The van der Waals surface area contributed by atoms with Crippen LogP contribution in [0, 0.1) is 12.8 Å². The number of aryl methyl sites for hydroxylation is 1. The minimum absolute atomic E-state index is 0.0668. The van der Waals surface area contributed by atoms with Crippen LogP contribution in [-0.4, -0.2) is 36.1 Å². The molecule has 5 nitrogen and oxygen atoms in total. The number of carbonyl (C=O) groups excluding carboxylic acids is 1. The van der Waals surface area contributed by atoms with Crippen LogP contribution >= 0.6 is 11.5 Å². The predicted molar refractivity (Wildman–Crippen MR) is 104 cm³/mol. The van der Waals surface area contributed by atoms with Crippen molar-refractivity contribution in [3.05, 3.63) is 47.2 Å². The molecule has 2 N–H and O–H groups in total. The van der Waals surface area contributed by atoms with Gasteiger partial charge < -0.3 is 15.4 Å². The quantitative estimate of drug-likeness (QED) is 0.815. The highest BCUT2D eigenvalue weighted by atomic mass is 32.1. The number of carbonyl (C=O) groups is 1. The fraction of sp³-hybridized carbons (Fsp3) is 0.500. The van der Waals surface area contributed by atoms with E-state index < -0.39 is 0 Å². The highest BCUT2D eigenvalue weighted by molar-refractivity contribution is 7.10. The van der Waals surface area contributed by atoms with Crippen LogP contribution < -0.4 is 10.6 Å². The molecule has 2 aromatic rings. The highest BCUT2D eigenvalue weighted by Crippen LogP contribution is 2.41. The molecule has 1 aliphatic carbocycles. The molecule has 2 atom stereocenters. The van der Waals surface area contributed by atoms with E-state index in [1.54, 1.807) is 0 Å². The first-order chi connectivity index (χ1) is 12.7. The molecule has 1 aromatic carbocycles. The van der Waals surface area contributed by atoms with Crippen LogP contribution in [-0.2, 0) is 4.74 Å². The van der Waals surface area contributed by atoms with Crippen LogP contribution in [0.4, 0.5) is 5.00 Å². The maximum absolute atomic E-state index is 12.5. The van der Waals surface area contributed by atoms with Crippen LogP contribution in [0.2, 0.25) is 0 Å². The van der Waals surface area contributed by atoms with Gasteiger partial charge in [-0.25, -0.2) is 0 Å². The molecule has 1 aliphatic heterocycles. The summed E-state index contributed by atoms with van der Waals surface area (Å²) in [7, 11) is 0. The molecule has 2 unspecified atom stereocenters. The smallest absolute Gasteiger partial charge is 0.256 e. The van der Waals surface area contributed by atoms with E-state index in [-0.39, 0.29) is 5.91 Å². The van der Waals surface area contributed by atoms with E-state index in [4.69, 9.17) is 4.74 Å². The third-order valence-corrected chi connectivity index (χ3v) is 6.04. The van der Waals surface area contributed by atoms with Gasteiger partial charge in [0.1, 0.15) is 5.00 Å². The lowest BCUT2D eigenvalue weighted by atomic mass is 10.0. The zero-order valence-corrected chi connectivity index (χ0v) is 15.8. The Morgan fingerprint density at radius 1 is 1.31 bits per heavy atom. The Morgan fingerprint density at radius 2 is 2.15 bits per heavy atom. The number of rotatable bonds is 6. The molecule has 1 saturated heterocycles. The first-order valence-electron chi connectivity index (χ1n) is 9.35. The van der Waals surface area contributed by atoms with Crippen molar-refractivity contribution < 1.29 is 9.53 Å². The van der Waals surface area contributed by atoms with Crippen molar-refractivity contribution in [2.24, 2.45) is 5.92 Å². The fourth-order valence-electron chi connectivity index (χ4n) is 3.57. The molecule has 0 spiro atoms. The van der Waals surface area contributed by atoms with Crippen LogP contribution in [0.25, 0.3) is 0 Å². The topological polar surface area (TPSA) is 63.2 Å². The normalized spacial score (nSPS) is 23.0. The van der Waals surface area contributed by atoms with Crippen molar-refractivity contribution in [3.8, 4) is 0 Å². The van der Waals surface area contributed by atoms with Crippen molar-refractivity contribution in [1.29, 1.82) is 0 Å². The summed E-state index contributed by atoms with van der Waals surface area (Å²) in [5, 5.41) is 7.43. The van der Waals surface area contributed by atoms with Gasteiger partial charge in [-0.05, 0) is 73.9 Å². The van der Waals surface area contributed by atoms with Gasteiger partial charge in [0, 0.05) is 30.7 Å². The molecule has 0 bridgehead atoms. The average Bonchev–Trinajstić information content (AvgIpc) is 3.34. The van der Waals surface area contributed by atoms with Crippen LogP contribution in [0.1, 0.15) is 46.8 Å². The monoisotopic (exact) mass is 371 g/mol. The molecule has 138 valence electrons. The number of aromatic nitrogens is 1. The number of hydrogen-bond acceptors (Lipinski definition) is 5. The van der Waals surface area contributed by atoms with E-state index in [2.05, 4.69) is 21.1 Å². The van der Waals surface area contributed by atoms with E-state index in [0.717, 1.165) is 55.6 Å². The zero-order valence-electron chi connectivity index (χ0n) is 15.0. The van der Waals surface area contributed by atoms with Crippen molar-refractivity contribution in [3.63, 3.8) is 0 Å². The van der Waals surface area contributed by atoms with Crippen molar-refractivity contribution in [2.75, 3.05) is 25.1 Å². The van der Waals surface area contributed by atoms with Crippen molar-refractivity contribution in [2.45, 2.75) is 38.1 Å². The summed E-state index contributed by atoms with van der Waals surface area (Å²) in [4.78, 5) is 12.5. The summed E-state index contributed by atoms with van der Waals surface area (Å²) in [5.74, 6) is 1.20. The Hall–Kier alpha value is -1.76. The number of nitrogens with one attached hydrogen (secondary N) is 2. The second kappa shape index (κ2) is 7.86. The lowest BCUT2D eigenvalue weighted by Gasteiger charge is -2.22. The number of anilines is 1. The Balaban J connectivity index is 1.32. The Bertz CT molecular complexity index is 770. The van der Waals surface area contributed by atoms with Gasteiger partial charge in [-0.2, -0.15) is 4.37 Å². The summed E-state index contributed by atoms with van der Waals surface area (Å²) in [6, 6.07) is 10.5. The lowest BCUT2D eigenvalue weighted by molar-refractivity contribution is 0.0662. The van der Waals surface area contributed by atoms with Crippen molar-refractivity contribution in [1.82, 2.24) is 9.69 Å². The van der Waals surface area contributed by atoms with Gasteiger partial charge in [0.15, 0.2) is 0 Å². The number of ether oxygens (including phenoxy) is 1. The molecule has 26 heavy (non-hydrogen) atoms. The second-order valence-electron chi connectivity index (χ2n) is 7.32. The van der Waals surface area contributed by atoms with Gasteiger partial charge in [-0.1, -0.05) is 12.1 Å². The maximum atomic E-state index is 12.5. The number of nitrogens with zero attached hydrogens (tertiary/aromatic N) is 1. The van der Waals surface area contributed by atoms with Gasteiger partial charge in [0.05, 0.1) is 5.69 Å². The first kappa shape index (κ1) is 17.6. The lowest BCUT2D eigenvalue weighted by Crippen LogP contribution is -2.29. The maximum Gasteiger partial charge on any atom is 0.256 e. The molecule has 6 heteroatoms. The molecule has 1 aromatic heterocycles. The molecule has 1 saturated carbocycles. The van der Waals surface area contributed by atoms with Gasteiger partial charge >= 0.3 is 0 Å². The molecular weight excluding hydrogens is 346 g/mol. The molecule has 1 amide bonds. The molecule has 2 aliphatic rings. The van der Waals surface area contributed by atoms with Gasteiger partial charge in [0.2, 0.25) is 0 Å². The van der Waals surface area contributed by atoms with E-state index in [1.165, 1.54) is 17.1 Å². The minimum Gasteiger partial charge on any atom is -0.381 e. The Morgan fingerprint density at radius 3 is 2.92 bits per heavy atom. The molecule has 0 radical (unpaired) electrons. The summed E-state index contributed by atoms with van der Waals surface area (Å²) in [6.45, 7) is 4.80. The van der Waals surface area contributed by atoms with Gasteiger partial charge in [-0.3, -0.25) is 4.79 Å². The molecule has 2 heterocycles. The zero-order chi connectivity index (χ0) is 17.9. The number of benzene rings is 1. The van der Waals surface area contributed by atoms with E-state index in [0.29, 0.717) is 17.5 Å². The highest BCUT2D eigenvalue weighted by Gasteiger charge is 2.38. The third kappa shape index (κ3) is 4.31. The summed E-state index contributed by atoms with van der Waals surface area (Å²) < 4.78 is 9.62. The van der Waals surface area contributed by atoms with Crippen LogP contribution in [0.5, 0.6) is 0 Å². The third-order valence-electron chi connectivity index (χ3n) is 5.24. The molecular formula is C20H25N3O2S. The van der Waals surface area contributed by atoms with Crippen LogP contribution in [0.3, 0.4) is 0 Å². The largest absolute Gasteiger partial charge is 0.381 e. The second-order valence-corrected chi connectivity index (χ2v) is 8.13. The van der Waals surface area contributed by atoms with Crippen molar-refractivity contribution >= 4 is 22.4 Å². The Labute approximate surface area is 158 Å². The Kier molecular flexibility index (Phi) is 5.33. The van der Waals surface area contributed by atoms with E-state index in [9.17, 15) is 4.79 Å². The van der Waals surface area contributed by atoms with E-state index >= 15 is 0 Å². The summed E-state index contributed by atoms with van der Waals surface area (Å²) in [6.07, 6.45) is 3.48. The fourth-order valence-corrected chi connectivity index (χ4v) is 4.23. The van der Waals surface area contributed by atoms with Crippen LogP contribution in [0.15, 0.2) is 30.3 Å². The number of hydrogen-bond donors (Lipinski definition) is 2. The van der Waals surface area contributed by atoms with Gasteiger partial charge in [-0.15, -0.1) is 0 Å². The summed E-state index contributed by atoms with van der Waals surface area (Å²) >= 11 is 1.31. The number of amides is 1. The average molecular weight is 372 g/mol. The molecule has 4 rings (SSSR count). The molecule has 2 fully saturated rings. The van der Waals surface area contributed by atoms with Gasteiger partial charge in [0.25, 0.3) is 5.91 Å².